The van der Waals surface area contributed by atoms with Crippen molar-refractivity contribution in [3.8, 4) is 0 Å². The fraction of sp³-hybridized carbons (Fsp3) is 0.571. The van der Waals surface area contributed by atoms with Crippen LogP contribution in [-0.2, 0) is 0 Å². The molecule has 1 aromatic rings. The van der Waals surface area contributed by atoms with Crippen LogP contribution in [0.1, 0.15) is 24.9 Å². The molecule has 3 N–H and O–H groups in total. The number of aliphatic hydroxyl groups excluding tert-OH is 1. The van der Waals surface area contributed by atoms with Crippen LogP contribution in [0.4, 0.5) is 13.2 Å². The average molecular weight is 369 g/mol. The lowest BCUT2D eigenvalue weighted by molar-refractivity contribution is -0.153. The molecule has 0 aliphatic carbocycles. The van der Waals surface area contributed by atoms with E-state index in [0.29, 0.717) is 16.5 Å². The van der Waals surface area contributed by atoms with Crippen LogP contribution in [0, 0.1) is 0 Å². The van der Waals surface area contributed by atoms with Gasteiger partial charge < -0.3 is 10.8 Å². The van der Waals surface area contributed by atoms with Gasteiger partial charge in [-0.05, 0) is 18.1 Å². The van der Waals surface area contributed by atoms with Crippen molar-refractivity contribution < 1.29 is 18.3 Å². The summed E-state index contributed by atoms with van der Waals surface area (Å²) >= 11 is 3.37. The van der Waals surface area contributed by atoms with E-state index in [4.69, 9.17) is 10.8 Å². The molecule has 1 rings (SSSR count). The van der Waals surface area contributed by atoms with Gasteiger partial charge in [0.05, 0.1) is 19.2 Å². The topological polar surface area (TPSA) is 49.5 Å². The molecule has 3 nitrogen and oxygen atoms in total. The van der Waals surface area contributed by atoms with Gasteiger partial charge in [-0.15, -0.1) is 0 Å². The van der Waals surface area contributed by atoms with Crippen molar-refractivity contribution in [2.75, 3.05) is 19.7 Å². The highest BCUT2D eigenvalue weighted by Gasteiger charge is 2.36. The van der Waals surface area contributed by atoms with Gasteiger partial charge in [-0.2, -0.15) is 13.2 Å². The predicted octanol–water partition coefficient (Wildman–Crippen LogP) is 3.08. The van der Waals surface area contributed by atoms with E-state index in [2.05, 4.69) is 15.9 Å². The number of rotatable bonds is 7. The number of benzene rings is 1. The summed E-state index contributed by atoms with van der Waals surface area (Å²) in [7, 11) is 0. The summed E-state index contributed by atoms with van der Waals surface area (Å²) in [6.07, 6.45) is -3.81. The zero-order chi connectivity index (χ0) is 16.0. The zero-order valence-electron chi connectivity index (χ0n) is 11.8. The summed E-state index contributed by atoms with van der Waals surface area (Å²) in [6.45, 7) is 0.291. The van der Waals surface area contributed by atoms with Crippen molar-refractivity contribution in [2.45, 2.75) is 31.6 Å². The second kappa shape index (κ2) is 8.12. The lowest BCUT2D eigenvalue weighted by atomic mass is 9.96. The second-order valence-corrected chi connectivity index (χ2v) is 5.70. The zero-order valence-corrected chi connectivity index (χ0v) is 13.4. The van der Waals surface area contributed by atoms with Gasteiger partial charge in [0.1, 0.15) is 0 Å². The Hall–Kier alpha value is -0.630. The number of nitrogens with two attached hydrogens (primary N) is 1. The quantitative estimate of drug-likeness (QED) is 0.777. The van der Waals surface area contributed by atoms with Crippen LogP contribution in [0.3, 0.4) is 0 Å². The van der Waals surface area contributed by atoms with E-state index < -0.39 is 24.8 Å². The lowest BCUT2D eigenvalue weighted by Gasteiger charge is -2.36. The van der Waals surface area contributed by atoms with Gasteiger partial charge in [0.15, 0.2) is 0 Å². The van der Waals surface area contributed by atoms with Crippen LogP contribution in [-0.4, -0.2) is 41.9 Å². The van der Waals surface area contributed by atoms with E-state index in [0.717, 1.165) is 0 Å². The highest BCUT2D eigenvalue weighted by molar-refractivity contribution is 9.10. The third-order valence-electron chi connectivity index (χ3n) is 3.26. The first-order valence-corrected chi connectivity index (χ1v) is 7.51. The highest BCUT2D eigenvalue weighted by atomic mass is 79.9. The van der Waals surface area contributed by atoms with Gasteiger partial charge in [0.2, 0.25) is 0 Å². The van der Waals surface area contributed by atoms with Gasteiger partial charge >= 0.3 is 6.18 Å². The summed E-state index contributed by atoms with van der Waals surface area (Å²) < 4.78 is 39.1. The minimum atomic E-state index is -4.35. The predicted molar refractivity (Wildman–Crippen MR) is 79.9 cm³/mol. The number of aliphatic hydroxyl groups is 1. The minimum Gasteiger partial charge on any atom is -0.395 e. The van der Waals surface area contributed by atoms with Crippen molar-refractivity contribution in [1.82, 2.24) is 4.90 Å². The van der Waals surface area contributed by atoms with E-state index in [-0.39, 0.29) is 13.2 Å². The molecule has 0 amide bonds. The van der Waals surface area contributed by atoms with Crippen LogP contribution in [0.5, 0.6) is 0 Å². The van der Waals surface area contributed by atoms with Crippen LogP contribution in [0.25, 0.3) is 0 Å². The first kappa shape index (κ1) is 18.4. The third-order valence-corrected chi connectivity index (χ3v) is 3.99. The normalized spacial score (nSPS) is 15.2. The molecule has 2 unspecified atom stereocenters. The lowest BCUT2D eigenvalue weighted by Crippen LogP contribution is -2.46. The summed E-state index contributed by atoms with van der Waals surface area (Å²) in [5.41, 5.74) is 6.76. The number of hydrogen-bond acceptors (Lipinski definition) is 3. The van der Waals surface area contributed by atoms with Crippen molar-refractivity contribution in [3.63, 3.8) is 0 Å². The molecule has 0 bridgehead atoms. The van der Waals surface area contributed by atoms with E-state index in [1.54, 1.807) is 24.3 Å². The number of nitrogens with zero attached hydrogens (tertiary/aromatic N) is 1. The largest absolute Gasteiger partial charge is 0.401 e. The van der Waals surface area contributed by atoms with Crippen LogP contribution < -0.4 is 5.73 Å². The molecule has 0 fully saturated rings. The second-order valence-electron chi connectivity index (χ2n) is 4.85. The molecule has 0 aromatic heterocycles. The maximum atomic E-state index is 12.8. The van der Waals surface area contributed by atoms with Gasteiger partial charge in [0, 0.05) is 17.1 Å². The van der Waals surface area contributed by atoms with Gasteiger partial charge in [-0.25, -0.2) is 0 Å². The summed E-state index contributed by atoms with van der Waals surface area (Å²) in [4.78, 5) is 1.19. The number of alkyl halides is 3. The minimum absolute atomic E-state index is 0.0841. The van der Waals surface area contributed by atoms with Gasteiger partial charge in [-0.3, -0.25) is 4.90 Å². The molecule has 0 heterocycles. The Labute approximate surface area is 131 Å². The molecule has 0 saturated carbocycles. The summed E-state index contributed by atoms with van der Waals surface area (Å²) in [5.74, 6) is 0. The Morgan fingerprint density at radius 1 is 1.33 bits per heavy atom. The molecule has 0 saturated heterocycles. The monoisotopic (exact) mass is 368 g/mol. The molecule has 0 aliphatic heterocycles. The molecule has 0 aliphatic rings. The number of hydrogen-bond donors (Lipinski definition) is 2. The fourth-order valence-corrected chi connectivity index (χ4v) is 2.83. The van der Waals surface area contributed by atoms with Crippen molar-refractivity contribution in [3.05, 3.63) is 34.3 Å². The van der Waals surface area contributed by atoms with Gasteiger partial charge in [-0.1, -0.05) is 41.1 Å². The molecule has 120 valence electrons. The Kier molecular flexibility index (Phi) is 7.12. The van der Waals surface area contributed by atoms with Crippen LogP contribution in [0.2, 0.25) is 0 Å². The first-order chi connectivity index (χ1) is 9.80. The first-order valence-electron chi connectivity index (χ1n) is 6.71. The van der Waals surface area contributed by atoms with Crippen LogP contribution >= 0.6 is 15.9 Å². The summed E-state index contributed by atoms with van der Waals surface area (Å²) in [5, 5.41) is 9.09. The smallest absolute Gasteiger partial charge is 0.395 e. The Morgan fingerprint density at radius 3 is 2.43 bits per heavy atom. The third kappa shape index (κ3) is 5.58. The summed E-state index contributed by atoms with van der Waals surface area (Å²) in [6, 6.07) is 6.01. The molecule has 1 aromatic carbocycles. The Balaban J connectivity index is 3.17. The average Bonchev–Trinajstić information content (AvgIpc) is 2.39. The van der Waals surface area contributed by atoms with Gasteiger partial charge in [0.25, 0.3) is 0 Å². The Bertz CT molecular complexity index is 442. The SMILES string of the molecule is CCC(N)C(c1ccccc1Br)N(CCO)CC(F)(F)F. The molecule has 0 spiro atoms. The van der Waals surface area contributed by atoms with E-state index in [1.807, 2.05) is 6.92 Å². The highest BCUT2D eigenvalue weighted by Crippen LogP contribution is 2.32. The van der Waals surface area contributed by atoms with E-state index in [9.17, 15) is 13.2 Å². The fourth-order valence-electron chi connectivity index (χ4n) is 2.31. The van der Waals surface area contributed by atoms with Crippen molar-refractivity contribution in [1.29, 1.82) is 0 Å². The number of halogens is 4. The molecule has 2 atom stereocenters. The maximum absolute atomic E-state index is 12.8. The standard InChI is InChI=1S/C14H20BrF3N2O/c1-2-12(19)13(10-5-3-4-6-11(10)15)20(7-8-21)9-14(16,17)18/h3-6,12-13,21H,2,7-9,19H2,1H3. The molecular weight excluding hydrogens is 349 g/mol. The Morgan fingerprint density at radius 2 is 1.95 bits per heavy atom. The van der Waals surface area contributed by atoms with Crippen molar-refractivity contribution in [2.24, 2.45) is 5.73 Å². The molecular formula is C14H20BrF3N2O. The maximum Gasteiger partial charge on any atom is 0.401 e. The molecule has 7 heteroatoms. The van der Waals surface area contributed by atoms with Crippen LogP contribution in [0.15, 0.2) is 28.7 Å². The van der Waals surface area contributed by atoms with Crippen molar-refractivity contribution >= 4 is 15.9 Å². The van der Waals surface area contributed by atoms with E-state index in [1.165, 1.54) is 4.90 Å². The van der Waals surface area contributed by atoms with E-state index >= 15 is 0 Å². The molecule has 0 radical (unpaired) electrons. The molecule has 21 heavy (non-hydrogen) atoms.